The van der Waals surface area contributed by atoms with Gasteiger partial charge in [0.1, 0.15) is 17.8 Å². The fraction of sp³-hybridized carbons (Fsp3) is 0.312. The molecule has 0 aliphatic carbocycles. The molecule has 0 radical (unpaired) electrons. The van der Waals surface area contributed by atoms with Crippen LogP contribution in [0, 0.1) is 11.3 Å². The number of barbiturate groups is 1. The smallest absolute Gasteiger partial charge is 0.354 e. The molecule has 1 fully saturated rings. The monoisotopic (exact) mass is 344 g/mol. The number of esters is 1. The van der Waals surface area contributed by atoms with E-state index in [0.717, 1.165) is 9.80 Å². The largest absolute Gasteiger partial charge is 0.461 e. The highest BCUT2D eigenvalue weighted by Crippen LogP contribution is 2.20. The van der Waals surface area contributed by atoms with Gasteiger partial charge < -0.3 is 9.30 Å². The minimum atomic E-state index is -0.754. The van der Waals surface area contributed by atoms with Crippen molar-refractivity contribution in [2.24, 2.45) is 0 Å². The van der Waals surface area contributed by atoms with Crippen LogP contribution in [-0.4, -0.2) is 58.9 Å². The van der Waals surface area contributed by atoms with Crippen LogP contribution in [0.3, 0.4) is 0 Å². The minimum Gasteiger partial charge on any atom is -0.461 e. The second kappa shape index (κ2) is 7.00. The molecule has 0 atom stereocenters. The molecule has 2 heterocycles. The van der Waals surface area contributed by atoms with Crippen molar-refractivity contribution in [2.45, 2.75) is 13.5 Å². The highest BCUT2D eigenvalue weighted by Gasteiger charge is 2.38. The van der Waals surface area contributed by atoms with Gasteiger partial charge in [-0.15, -0.1) is 0 Å². The molecule has 1 saturated heterocycles. The van der Waals surface area contributed by atoms with Crippen LogP contribution in [0.4, 0.5) is 4.79 Å². The molecule has 0 bridgehead atoms. The quantitative estimate of drug-likeness (QED) is 0.449. The van der Waals surface area contributed by atoms with Crippen molar-refractivity contribution in [2.75, 3.05) is 20.7 Å². The molecule has 25 heavy (non-hydrogen) atoms. The molecule has 0 saturated carbocycles. The lowest BCUT2D eigenvalue weighted by molar-refractivity contribution is -0.134. The highest BCUT2D eigenvalue weighted by molar-refractivity contribution is 6.30. The summed E-state index contributed by atoms with van der Waals surface area (Å²) in [5.41, 5.74) is 0.193. The first-order valence-electron chi connectivity index (χ1n) is 7.38. The Morgan fingerprint density at radius 2 is 1.80 bits per heavy atom. The maximum atomic E-state index is 12.2. The fourth-order valence-electron chi connectivity index (χ4n) is 2.36. The van der Waals surface area contributed by atoms with Gasteiger partial charge in [-0.2, -0.15) is 5.26 Å². The Bertz CT molecular complexity index is 804. The molecule has 130 valence electrons. The minimum absolute atomic E-state index is 0.128. The van der Waals surface area contributed by atoms with Crippen LogP contribution in [0.2, 0.25) is 0 Å². The van der Waals surface area contributed by atoms with Crippen molar-refractivity contribution in [1.82, 2.24) is 14.4 Å². The van der Waals surface area contributed by atoms with Crippen LogP contribution < -0.4 is 0 Å². The second-order valence-electron chi connectivity index (χ2n) is 5.18. The molecule has 1 aromatic rings. The fourth-order valence-corrected chi connectivity index (χ4v) is 2.36. The van der Waals surface area contributed by atoms with Crippen LogP contribution in [0.5, 0.6) is 0 Å². The maximum absolute atomic E-state index is 12.2. The van der Waals surface area contributed by atoms with Crippen molar-refractivity contribution < 1.29 is 23.9 Å². The average molecular weight is 344 g/mol. The molecule has 4 amide bonds. The molecule has 0 N–H and O–H groups in total. The number of urea groups is 1. The highest BCUT2D eigenvalue weighted by atomic mass is 16.5. The number of amides is 4. The first-order valence-corrected chi connectivity index (χ1v) is 7.38. The molecule has 0 aromatic carbocycles. The molecule has 9 nitrogen and oxygen atoms in total. The van der Waals surface area contributed by atoms with Crippen molar-refractivity contribution >= 4 is 29.9 Å². The molecule has 1 aromatic heterocycles. The third-order valence-electron chi connectivity index (χ3n) is 3.66. The number of carbonyl (C=O) groups excluding carboxylic acids is 4. The summed E-state index contributed by atoms with van der Waals surface area (Å²) >= 11 is 0. The van der Waals surface area contributed by atoms with Gasteiger partial charge in [0, 0.05) is 19.8 Å². The van der Waals surface area contributed by atoms with Crippen LogP contribution in [0.15, 0.2) is 17.7 Å². The Hall–Kier alpha value is -3.41. The third-order valence-corrected chi connectivity index (χ3v) is 3.66. The van der Waals surface area contributed by atoms with Gasteiger partial charge in [0.2, 0.25) is 0 Å². The Labute approximate surface area is 143 Å². The van der Waals surface area contributed by atoms with Crippen molar-refractivity contribution in [3.05, 3.63) is 29.1 Å². The molecular weight excluding hydrogens is 328 g/mol. The summed E-state index contributed by atoms with van der Waals surface area (Å²) in [5, 5.41) is 8.99. The van der Waals surface area contributed by atoms with Gasteiger partial charge >= 0.3 is 12.0 Å². The van der Waals surface area contributed by atoms with Gasteiger partial charge in [0.15, 0.2) is 0 Å². The van der Waals surface area contributed by atoms with E-state index in [-0.39, 0.29) is 24.4 Å². The van der Waals surface area contributed by atoms with Crippen LogP contribution in [0.1, 0.15) is 23.1 Å². The van der Waals surface area contributed by atoms with E-state index in [9.17, 15) is 19.2 Å². The number of rotatable bonds is 4. The van der Waals surface area contributed by atoms with E-state index in [1.807, 2.05) is 6.07 Å². The van der Waals surface area contributed by atoms with Crippen LogP contribution >= 0.6 is 0 Å². The first kappa shape index (κ1) is 17.9. The van der Waals surface area contributed by atoms with E-state index in [4.69, 9.17) is 10.00 Å². The number of imide groups is 2. The average Bonchev–Trinajstić information content (AvgIpc) is 2.98. The topological polar surface area (TPSA) is 113 Å². The predicted octanol–water partition coefficient (Wildman–Crippen LogP) is 0.622. The van der Waals surface area contributed by atoms with Gasteiger partial charge in [-0.1, -0.05) is 0 Å². The van der Waals surface area contributed by atoms with Crippen molar-refractivity contribution in [3.8, 4) is 6.07 Å². The van der Waals surface area contributed by atoms with E-state index in [1.54, 1.807) is 6.92 Å². The van der Waals surface area contributed by atoms with E-state index in [2.05, 4.69) is 0 Å². The lowest BCUT2D eigenvalue weighted by Gasteiger charge is -2.28. The molecule has 9 heteroatoms. The van der Waals surface area contributed by atoms with Gasteiger partial charge in [0.25, 0.3) is 11.8 Å². The molecule has 1 aliphatic heterocycles. The third kappa shape index (κ3) is 3.14. The number of hydrogen-bond donors (Lipinski definition) is 0. The lowest BCUT2D eigenvalue weighted by atomic mass is 10.1. The number of hydrogen-bond acceptors (Lipinski definition) is 6. The summed E-state index contributed by atoms with van der Waals surface area (Å²) in [6, 6.07) is 4.12. The van der Waals surface area contributed by atoms with Crippen molar-refractivity contribution in [1.29, 1.82) is 5.26 Å². The number of carbonyl (C=O) groups is 4. The molecule has 0 spiro atoms. The summed E-state index contributed by atoms with van der Waals surface area (Å²) in [7, 11) is 2.53. The number of nitrogens with zero attached hydrogens (tertiary/aromatic N) is 4. The zero-order valence-electron chi connectivity index (χ0n) is 14.0. The van der Waals surface area contributed by atoms with Gasteiger partial charge in [-0.3, -0.25) is 19.4 Å². The molecule has 2 rings (SSSR count). The second-order valence-corrected chi connectivity index (χ2v) is 5.18. The van der Waals surface area contributed by atoms with E-state index < -0.39 is 23.8 Å². The van der Waals surface area contributed by atoms with E-state index in [1.165, 1.54) is 36.9 Å². The van der Waals surface area contributed by atoms with Gasteiger partial charge in [-0.25, -0.2) is 9.59 Å². The Kier molecular flexibility index (Phi) is 5.02. The zero-order chi connectivity index (χ0) is 18.7. The SMILES string of the molecule is CCOC(=O)c1ccc(C=C2C(=O)N(C)C(=O)N(C)C2=O)n1CC#N. The van der Waals surface area contributed by atoms with Crippen molar-refractivity contribution in [3.63, 3.8) is 0 Å². The first-order chi connectivity index (χ1) is 11.8. The van der Waals surface area contributed by atoms with Gasteiger partial charge in [-0.05, 0) is 25.1 Å². The van der Waals surface area contributed by atoms with E-state index in [0.29, 0.717) is 5.69 Å². The molecule has 0 unspecified atom stereocenters. The number of aromatic nitrogens is 1. The van der Waals surface area contributed by atoms with Crippen LogP contribution in [-0.2, 0) is 20.9 Å². The van der Waals surface area contributed by atoms with E-state index >= 15 is 0 Å². The molecular formula is C16H16N4O5. The Balaban J connectivity index is 2.51. The zero-order valence-corrected chi connectivity index (χ0v) is 14.0. The predicted molar refractivity (Wildman–Crippen MR) is 84.9 cm³/mol. The summed E-state index contributed by atoms with van der Waals surface area (Å²) in [6.07, 6.45) is 1.25. The Morgan fingerprint density at radius 3 is 2.32 bits per heavy atom. The van der Waals surface area contributed by atoms with Crippen LogP contribution in [0.25, 0.3) is 6.08 Å². The number of likely N-dealkylation sites (N-methyl/N-ethyl adjacent to an activating group) is 2. The van der Waals surface area contributed by atoms with Gasteiger partial charge in [0.05, 0.1) is 12.7 Å². The number of nitriles is 1. The molecule has 1 aliphatic rings. The number of ether oxygens (including phenoxy) is 1. The Morgan fingerprint density at radius 1 is 1.20 bits per heavy atom. The standard InChI is InChI=1S/C16H16N4O5/c1-4-25-15(23)12-6-5-10(20(12)8-7-17)9-11-13(21)18(2)16(24)19(3)14(11)22/h5-6,9H,4,8H2,1-3H3. The normalized spacial score (nSPS) is 14.6. The lowest BCUT2D eigenvalue weighted by Crippen LogP contribution is -2.52. The maximum Gasteiger partial charge on any atom is 0.354 e. The summed E-state index contributed by atoms with van der Waals surface area (Å²) in [4.78, 5) is 49.8. The summed E-state index contributed by atoms with van der Waals surface area (Å²) in [5.74, 6) is -2.13. The summed E-state index contributed by atoms with van der Waals surface area (Å²) < 4.78 is 6.26. The summed E-state index contributed by atoms with van der Waals surface area (Å²) in [6.45, 7) is 1.65.